The Morgan fingerprint density at radius 2 is 1.06 bits per heavy atom. The number of rotatable bonds is 5. The minimum absolute atomic E-state index is 0. The quantitative estimate of drug-likeness (QED) is 0.168. The van der Waals surface area contributed by atoms with E-state index in [9.17, 15) is 5.11 Å². The molecular weight excluding hydrogens is 925 g/mol. The number of ether oxygens (including phenoxy) is 1. The molecule has 0 unspecified atom stereocenters. The second-order valence-corrected chi connectivity index (χ2v) is 18.9. The summed E-state index contributed by atoms with van der Waals surface area (Å²) in [5, 5.41) is 18.4. The molecule has 64 heavy (non-hydrogen) atoms. The Labute approximate surface area is 408 Å². The lowest BCUT2D eigenvalue weighted by Crippen LogP contribution is -2.51. The molecule has 6 aromatic rings. The molecule has 6 aromatic carbocycles. The topological polar surface area (TPSA) is 54.5 Å². The number of epoxide rings is 1. The molecule has 0 radical (unpaired) electrons. The Balaban J connectivity index is 0.000000159. The number of aliphatic hydroxyl groups is 1. The van der Waals surface area contributed by atoms with E-state index in [1.165, 1.54) is 33.4 Å². The van der Waals surface area contributed by atoms with Crippen LogP contribution in [0.5, 0.6) is 0 Å². The summed E-state index contributed by atoms with van der Waals surface area (Å²) in [6.45, 7) is 5.11. The van der Waals surface area contributed by atoms with E-state index >= 15 is 0 Å². The van der Waals surface area contributed by atoms with Gasteiger partial charge in [-0.2, -0.15) is 0 Å². The molecule has 3 saturated heterocycles. The van der Waals surface area contributed by atoms with Crippen molar-refractivity contribution in [2.45, 2.75) is 64.1 Å². The summed E-state index contributed by atoms with van der Waals surface area (Å²) < 4.78 is 5.38. The lowest BCUT2D eigenvalue weighted by Gasteiger charge is -2.46. The molecule has 0 saturated carbocycles. The van der Waals surface area contributed by atoms with Crippen LogP contribution in [-0.4, -0.2) is 61.5 Å². The van der Waals surface area contributed by atoms with Gasteiger partial charge in [-0.05, 0) is 94.0 Å². The van der Waals surface area contributed by atoms with Gasteiger partial charge < -0.3 is 25.0 Å². The van der Waals surface area contributed by atoms with Gasteiger partial charge in [0, 0.05) is 72.2 Å². The van der Waals surface area contributed by atoms with Crippen molar-refractivity contribution in [3.8, 4) is 0 Å². The first-order valence-corrected chi connectivity index (χ1v) is 23.3. The molecule has 3 aliphatic heterocycles. The van der Waals surface area contributed by atoms with Gasteiger partial charge in [0.25, 0.3) is 0 Å². The summed E-state index contributed by atoms with van der Waals surface area (Å²) in [5.74, 6) is 0. The van der Waals surface area contributed by atoms with Crippen molar-refractivity contribution in [2.75, 3.05) is 49.1 Å². The van der Waals surface area contributed by atoms with Gasteiger partial charge in [0.15, 0.2) is 0 Å². The van der Waals surface area contributed by atoms with Crippen molar-refractivity contribution in [3.05, 3.63) is 197 Å². The largest absolute Gasteiger partial charge is 0.391 e. The standard InChI is InChI=1S/C25H23Cl3N2O.C16H15Cl3N2.C9H8O.2CH4/c26-18-7-5-16(6-8-18)23-15-29(25-20-4-2-1-3-17(20)13-24(25)31)11-12-30(23)22-10-9-19(27)14-21(22)28;17-12-3-1-11(2-4-12)16-10-20-7-8-21(16)15-6-5-13(18)9-14(15)19;1-2-4-7-6(3-1)5-8-9(7)10-8;;/h1-10,14,23-25,31H,11-13,15H2;1-6,9,16,20H,7-8,10H2;1-4,8-9H,5H2;2*1H4/t23-,24+,25+;16-;8-,9+;;/m001../s1. The van der Waals surface area contributed by atoms with Crippen LogP contribution in [0.25, 0.3) is 0 Å². The van der Waals surface area contributed by atoms with Crippen molar-refractivity contribution in [3.63, 3.8) is 0 Å². The smallest absolute Gasteiger partial charge is 0.110 e. The Morgan fingerprint density at radius 3 is 1.64 bits per heavy atom. The van der Waals surface area contributed by atoms with Crippen LogP contribution in [0.3, 0.4) is 0 Å². The fourth-order valence-corrected chi connectivity index (χ4v) is 10.8. The van der Waals surface area contributed by atoms with E-state index in [1.54, 1.807) is 12.1 Å². The maximum atomic E-state index is 10.9. The second-order valence-electron chi connectivity index (χ2n) is 16.3. The Bertz CT molecular complexity index is 2510. The molecule has 0 amide bonds. The average molecular weight is 980 g/mol. The summed E-state index contributed by atoms with van der Waals surface area (Å²) in [6, 6.07) is 44.6. The first-order valence-electron chi connectivity index (χ1n) is 21.0. The maximum absolute atomic E-state index is 10.9. The van der Waals surface area contributed by atoms with E-state index in [-0.39, 0.29) is 33.0 Å². The maximum Gasteiger partial charge on any atom is 0.110 e. The molecule has 2 N–H and O–H groups in total. The SMILES string of the molecule is C.C.Clc1ccc([C@@H]2CNCCN2c2ccc(Cl)cc2Cl)cc1.O[C@@H]1Cc2ccccc2[C@H]1N1CCN(c2ccc(Cl)cc2Cl)[C@H](c2ccc(Cl)cc2)C1.c1ccc2c(c1)C[C@H]1O[C@@H]21. The number of halogens is 6. The minimum Gasteiger partial charge on any atom is -0.391 e. The van der Waals surface area contributed by atoms with Crippen molar-refractivity contribution in [1.29, 1.82) is 0 Å². The van der Waals surface area contributed by atoms with Crippen molar-refractivity contribution in [1.82, 2.24) is 10.2 Å². The Hall–Kier alpha value is -3.50. The van der Waals surface area contributed by atoms with Crippen LogP contribution < -0.4 is 15.1 Å². The number of nitrogens with one attached hydrogen (secondary N) is 1. The van der Waals surface area contributed by atoms with Crippen molar-refractivity contribution >= 4 is 81.0 Å². The van der Waals surface area contributed by atoms with Gasteiger partial charge >= 0.3 is 0 Å². The van der Waals surface area contributed by atoms with E-state index in [0.717, 1.165) is 62.1 Å². The van der Waals surface area contributed by atoms with Crippen LogP contribution >= 0.6 is 69.6 Å². The summed E-state index contributed by atoms with van der Waals surface area (Å²) in [5.41, 5.74) is 9.77. The molecule has 6 atom stereocenters. The molecule has 0 spiro atoms. The summed E-state index contributed by atoms with van der Waals surface area (Å²) >= 11 is 37.3. The van der Waals surface area contributed by atoms with Crippen molar-refractivity contribution < 1.29 is 9.84 Å². The summed E-state index contributed by atoms with van der Waals surface area (Å²) in [4.78, 5) is 7.07. The third-order valence-corrected chi connectivity index (χ3v) is 14.1. The number of nitrogens with zero attached hydrogens (tertiary/aromatic N) is 3. The molecule has 5 aliphatic rings. The van der Waals surface area contributed by atoms with Crippen LogP contribution in [-0.2, 0) is 17.6 Å². The van der Waals surface area contributed by atoms with E-state index in [2.05, 4.69) is 86.7 Å². The van der Waals surface area contributed by atoms with E-state index in [4.69, 9.17) is 74.3 Å². The highest BCUT2D eigenvalue weighted by atomic mass is 35.5. The first-order chi connectivity index (χ1) is 30.1. The lowest BCUT2D eigenvalue weighted by atomic mass is 9.98. The van der Waals surface area contributed by atoms with Crippen LogP contribution in [0.15, 0.2) is 133 Å². The van der Waals surface area contributed by atoms with Crippen LogP contribution in [0.1, 0.15) is 72.5 Å². The Kier molecular flexibility index (Phi) is 16.2. The van der Waals surface area contributed by atoms with Crippen molar-refractivity contribution in [2.24, 2.45) is 0 Å². The highest BCUT2D eigenvalue weighted by molar-refractivity contribution is 6.37. The molecule has 2 aliphatic carbocycles. The average Bonchev–Trinajstić information content (AvgIpc) is 3.82. The predicted octanol–water partition coefficient (Wildman–Crippen LogP) is 13.9. The number of piperazine rings is 2. The Morgan fingerprint density at radius 1 is 0.547 bits per heavy atom. The molecular formula is C52H54Cl6N4O2. The molecule has 0 bridgehead atoms. The molecule has 3 heterocycles. The third-order valence-electron chi connectivity index (χ3n) is 12.5. The number of hydrogen-bond donors (Lipinski definition) is 2. The van der Waals surface area contributed by atoms with Gasteiger partial charge in [-0.15, -0.1) is 0 Å². The molecule has 3 fully saturated rings. The molecule has 12 heteroatoms. The number of fused-ring (bicyclic) bond motifs is 4. The number of anilines is 2. The van der Waals surface area contributed by atoms with Crippen LogP contribution in [0, 0.1) is 0 Å². The zero-order valence-corrected chi connectivity index (χ0v) is 38.3. The van der Waals surface area contributed by atoms with Gasteiger partial charge in [0.05, 0.1) is 51.8 Å². The monoisotopic (exact) mass is 976 g/mol. The van der Waals surface area contributed by atoms with E-state index in [1.807, 2.05) is 54.6 Å². The summed E-state index contributed by atoms with van der Waals surface area (Å²) in [7, 11) is 0. The number of benzene rings is 6. The van der Waals surface area contributed by atoms with Gasteiger partial charge in [-0.25, -0.2) is 0 Å². The van der Waals surface area contributed by atoms with Gasteiger partial charge in [0.2, 0.25) is 0 Å². The third kappa shape index (κ3) is 10.7. The predicted molar refractivity (Wildman–Crippen MR) is 271 cm³/mol. The minimum atomic E-state index is -0.395. The van der Waals surface area contributed by atoms with E-state index < -0.39 is 6.10 Å². The summed E-state index contributed by atoms with van der Waals surface area (Å²) in [6.07, 6.45) is 2.46. The van der Waals surface area contributed by atoms with Gasteiger partial charge in [-0.1, -0.05) is 157 Å². The van der Waals surface area contributed by atoms with E-state index in [0.29, 0.717) is 43.7 Å². The van der Waals surface area contributed by atoms with Crippen LogP contribution in [0.4, 0.5) is 11.4 Å². The lowest BCUT2D eigenvalue weighted by molar-refractivity contribution is 0.0489. The fraction of sp³-hybridized carbons (Fsp3) is 0.308. The number of hydrogen-bond acceptors (Lipinski definition) is 6. The molecule has 0 aromatic heterocycles. The first kappa shape index (κ1) is 48.4. The highest BCUT2D eigenvalue weighted by Crippen LogP contribution is 2.48. The highest BCUT2D eigenvalue weighted by Gasteiger charge is 2.46. The normalized spacial score (nSPS) is 22.9. The number of aliphatic hydroxyl groups excluding tert-OH is 1. The fourth-order valence-electron chi connectivity index (χ4n) is 9.50. The van der Waals surface area contributed by atoms with Gasteiger partial charge in [0.1, 0.15) is 6.10 Å². The van der Waals surface area contributed by atoms with Crippen LogP contribution in [0.2, 0.25) is 30.1 Å². The zero-order chi connectivity index (χ0) is 42.9. The zero-order valence-electron chi connectivity index (χ0n) is 33.8. The molecule has 6 nitrogen and oxygen atoms in total. The van der Waals surface area contributed by atoms with Gasteiger partial charge in [-0.3, -0.25) is 4.90 Å². The second kappa shape index (κ2) is 21.4. The molecule has 336 valence electrons. The molecule has 11 rings (SSSR count).